The number of rotatable bonds is 2. The van der Waals surface area contributed by atoms with Gasteiger partial charge < -0.3 is 9.47 Å². The predicted octanol–water partition coefficient (Wildman–Crippen LogP) is 0.870. The average molecular weight is 252 g/mol. The smallest absolute Gasteiger partial charge is 0.434 e. The van der Waals surface area contributed by atoms with Crippen molar-refractivity contribution in [1.82, 2.24) is 0 Å². The van der Waals surface area contributed by atoms with Gasteiger partial charge in [-0.3, -0.25) is 0 Å². The third-order valence-electron chi connectivity index (χ3n) is 0.613. The Labute approximate surface area is 80.1 Å². The number of hydrogen-bond donors (Lipinski definition) is 0. The van der Waals surface area contributed by atoms with Gasteiger partial charge in [-0.2, -0.15) is 0 Å². The maximum atomic E-state index is 10.3. The fourth-order valence-corrected chi connectivity index (χ4v) is 0.271. The molecule has 0 rings (SSSR count). The van der Waals surface area contributed by atoms with E-state index in [0.717, 1.165) is 6.08 Å². The third-order valence-corrected chi connectivity index (χ3v) is 0.613. The van der Waals surface area contributed by atoms with Crippen LogP contribution in [0.4, 0.5) is 4.79 Å². The molecule has 0 spiro atoms. The van der Waals surface area contributed by atoms with Gasteiger partial charge >= 0.3 is 12.1 Å². The molecule has 0 aromatic heterocycles. The van der Waals surface area contributed by atoms with Crippen LogP contribution in [0, 0.1) is 0 Å². The maximum absolute atomic E-state index is 10.3. The molecule has 0 atom stereocenters. The zero-order chi connectivity index (χ0) is 7.98. The van der Waals surface area contributed by atoms with Gasteiger partial charge in [-0.05, 0) is 6.92 Å². The summed E-state index contributed by atoms with van der Waals surface area (Å²) in [6.45, 7) is 4.89. The molecule has 67 valence electrons. The molecular weight excluding hydrogens is 244 g/mol. The molecule has 0 N–H and O–H groups in total. The summed E-state index contributed by atoms with van der Waals surface area (Å²) in [6.07, 6.45) is -0.107. The first-order valence-corrected chi connectivity index (χ1v) is 2.71. The molecule has 5 heteroatoms. The van der Waals surface area contributed by atoms with Crippen molar-refractivity contribution in [1.29, 1.82) is 0 Å². The summed E-state index contributed by atoms with van der Waals surface area (Å²) >= 11 is 0. The summed E-state index contributed by atoms with van der Waals surface area (Å²) in [5.41, 5.74) is 0. The Balaban J connectivity index is 0. The van der Waals surface area contributed by atoms with Crippen molar-refractivity contribution in [3.8, 4) is 0 Å². The molecule has 0 unspecified atom stereocenters. The topological polar surface area (TPSA) is 52.6 Å². The van der Waals surface area contributed by atoms with E-state index in [1.54, 1.807) is 6.92 Å². The fourth-order valence-electron chi connectivity index (χ4n) is 0.271. The Kier molecular flexibility index (Phi) is 8.92. The molecule has 4 nitrogen and oxygen atoms in total. The van der Waals surface area contributed by atoms with Gasteiger partial charge in [0.15, 0.2) is 0 Å². The molecule has 0 bridgehead atoms. The van der Waals surface area contributed by atoms with Gasteiger partial charge in [0.05, 0.1) is 6.61 Å². The summed E-state index contributed by atoms with van der Waals surface area (Å²) in [6, 6.07) is 0. The Morgan fingerprint density at radius 2 is 2.09 bits per heavy atom. The second-order valence-electron chi connectivity index (χ2n) is 1.31. The maximum Gasteiger partial charge on any atom is 0.516 e. The monoisotopic (exact) mass is 251 g/mol. The van der Waals surface area contributed by atoms with E-state index < -0.39 is 12.1 Å². The molecule has 0 aromatic rings. The number of esters is 1. The van der Waals surface area contributed by atoms with Gasteiger partial charge in [0.1, 0.15) is 0 Å². The molecule has 0 saturated carbocycles. The summed E-state index contributed by atoms with van der Waals surface area (Å²) in [5, 5.41) is 0. The summed E-state index contributed by atoms with van der Waals surface area (Å²) in [4.78, 5) is 20.6. The van der Waals surface area contributed by atoms with E-state index in [4.69, 9.17) is 0 Å². The van der Waals surface area contributed by atoms with Crippen molar-refractivity contribution in [2.75, 3.05) is 6.61 Å². The van der Waals surface area contributed by atoms with Crippen molar-refractivity contribution < 1.29 is 41.4 Å². The average Bonchev–Trinajstić information content (AvgIpc) is 1.88. The van der Waals surface area contributed by atoms with Crippen LogP contribution in [0.2, 0.25) is 0 Å². The zero-order valence-corrected chi connectivity index (χ0v) is 7.41. The standard InChI is InChI=1S/C6H8O4.Ag/c1-3-5(7)10-6(8)9-4-2;/h3H,1,4H2,2H3;. The second-order valence-corrected chi connectivity index (χ2v) is 1.31. The largest absolute Gasteiger partial charge is 0.516 e. The molecule has 0 heterocycles. The molecule has 0 aromatic carbocycles. The van der Waals surface area contributed by atoms with Gasteiger partial charge in [-0.1, -0.05) is 6.58 Å². The molecule has 0 fully saturated rings. The van der Waals surface area contributed by atoms with Crippen LogP contribution in [0.15, 0.2) is 12.7 Å². The molecule has 0 aliphatic carbocycles. The molecule has 0 amide bonds. The van der Waals surface area contributed by atoms with Gasteiger partial charge in [0, 0.05) is 28.5 Å². The van der Waals surface area contributed by atoms with Crippen molar-refractivity contribution >= 4 is 12.1 Å². The van der Waals surface area contributed by atoms with Crippen LogP contribution in [0.1, 0.15) is 6.92 Å². The SMILES string of the molecule is C=CC(=O)OC(=O)OCC.[Ag]. The van der Waals surface area contributed by atoms with Crippen LogP contribution in [-0.2, 0) is 36.6 Å². The number of hydrogen-bond acceptors (Lipinski definition) is 4. The first-order chi connectivity index (χ1) is 4.70. The number of ether oxygens (including phenoxy) is 2. The van der Waals surface area contributed by atoms with E-state index >= 15 is 0 Å². The van der Waals surface area contributed by atoms with Crippen molar-refractivity contribution in [3.63, 3.8) is 0 Å². The number of carbonyl (C=O) groups excluding carboxylic acids is 2. The van der Waals surface area contributed by atoms with Gasteiger partial charge in [-0.15, -0.1) is 0 Å². The van der Waals surface area contributed by atoms with E-state index in [-0.39, 0.29) is 29.0 Å². The first kappa shape index (κ1) is 13.0. The van der Waals surface area contributed by atoms with Crippen LogP contribution in [0.3, 0.4) is 0 Å². The number of carbonyl (C=O) groups is 2. The Hall–Kier alpha value is -0.580. The van der Waals surface area contributed by atoms with E-state index in [9.17, 15) is 9.59 Å². The van der Waals surface area contributed by atoms with Crippen LogP contribution in [0.5, 0.6) is 0 Å². The van der Waals surface area contributed by atoms with Gasteiger partial charge in [0.2, 0.25) is 0 Å². The second kappa shape index (κ2) is 7.53. The van der Waals surface area contributed by atoms with Crippen molar-refractivity contribution in [3.05, 3.63) is 12.7 Å². The molecular formula is C6H8AgO4. The Morgan fingerprint density at radius 1 is 1.55 bits per heavy atom. The van der Waals surface area contributed by atoms with E-state index in [1.165, 1.54) is 0 Å². The molecule has 1 radical (unpaired) electrons. The predicted molar refractivity (Wildman–Crippen MR) is 33.3 cm³/mol. The third kappa shape index (κ3) is 7.32. The first-order valence-electron chi connectivity index (χ1n) is 2.71. The summed E-state index contributed by atoms with van der Waals surface area (Å²) < 4.78 is 8.31. The molecule has 0 aliphatic rings. The Morgan fingerprint density at radius 3 is 2.45 bits per heavy atom. The molecule has 0 aliphatic heterocycles. The molecule has 0 saturated heterocycles. The van der Waals surface area contributed by atoms with Crippen LogP contribution >= 0.6 is 0 Å². The van der Waals surface area contributed by atoms with E-state index in [1.807, 2.05) is 0 Å². The minimum absolute atomic E-state index is 0. The summed E-state index contributed by atoms with van der Waals surface area (Å²) in [5.74, 6) is -0.807. The fraction of sp³-hybridized carbons (Fsp3) is 0.333. The normalized spacial score (nSPS) is 7.36. The van der Waals surface area contributed by atoms with Crippen molar-refractivity contribution in [2.45, 2.75) is 6.92 Å². The van der Waals surface area contributed by atoms with Crippen LogP contribution in [0.25, 0.3) is 0 Å². The van der Waals surface area contributed by atoms with E-state index in [0.29, 0.717) is 0 Å². The molecule has 11 heavy (non-hydrogen) atoms. The van der Waals surface area contributed by atoms with Crippen LogP contribution in [-0.4, -0.2) is 18.7 Å². The van der Waals surface area contributed by atoms with E-state index in [2.05, 4.69) is 16.1 Å². The van der Waals surface area contributed by atoms with Gasteiger partial charge in [-0.25, -0.2) is 9.59 Å². The minimum Gasteiger partial charge on any atom is -0.434 e. The quantitative estimate of drug-likeness (QED) is 0.316. The Bertz CT molecular complexity index is 155. The zero-order valence-electron chi connectivity index (χ0n) is 5.93. The van der Waals surface area contributed by atoms with Crippen LogP contribution < -0.4 is 0 Å². The summed E-state index contributed by atoms with van der Waals surface area (Å²) in [7, 11) is 0. The van der Waals surface area contributed by atoms with Gasteiger partial charge in [0.25, 0.3) is 0 Å². The van der Waals surface area contributed by atoms with Crippen molar-refractivity contribution in [2.24, 2.45) is 0 Å². The minimum atomic E-state index is -0.993.